The Morgan fingerprint density at radius 3 is 2.65 bits per heavy atom. The highest BCUT2D eigenvalue weighted by molar-refractivity contribution is 7.99. The smallest absolute Gasteiger partial charge is 0.325 e. The van der Waals surface area contributed by atoms with Crippen LogP contribution in [0.3, 0.4) is 0 Å². The zero-order valence-corrected chi connectivity index (χ0v) is 13.5. The van der Waals surface area contributed by atoms with Crippen LogP contribution in [-0.4, -0.2) is 26.8 Å². The molecule has 2 rings (SSSR count). The van der Waals surface area contributed by atoms with E-state index in [4.69, 9.17) is 0 Å². The number of benzene rings is 1. The van der Waals surface area contributed by atoms with Crippen molar-refractivity contribution in [2.24, 2.45) is 0 Å². The van der Waals surface area contributed by atoms with Crippen LogP contribution in [0.5, 0.6) is 0 Å². The van der Waals surface area contributed by atoms with Gasteiger partial charge in [-0.1, -0.05) is 37.2 Å². The van der Waals surface area contributed by atoms with Crippen LogP contribution in [0, 0.1) is 0 Å². The maximum Gasteiger partial charge on any atom is 0.342 e. The van der Waals surface area contributed by atoms with Gasteiger partial charge >= 0.3 is 5.69 Å². The molecule has 0 saturated carbocycles. The predicted molar refractivity (Wildman–Crippen MR) is 89.9 cm³/mol. The van der Waals surface area contributed by atoms with Crippen LogP contribution in [0.1, 0.15) is 25.3 Å². The SMILES string of the molecule is CCCCc1ccc(NC(=O)CSc2n[nH]c(=O)[nH]c2=O)cc1. The first-order valence-electron chi connectivity index (χ1n) is 7.29. The molecule has 7 nitrogen and oxygen atoms in total. The Labute approximate surface area is 136 Å². The molecule has 0 spiro atoms. The Bertz CT molecular complexity index is 767. The summed E-state index contributed by atoms with van der Waals surface area (Å²) >= 11 is 0.960. The van der Waals surface area contributed by atoms with Gasteiger partial charge in [-0.05, 0) is 30.5 Å². The van der Waals surface area contributed by atoms with E-state index in [0.717, 1.165) is 31.0 Å². The van der Waals surface area contributed by atoms with Gasteiger partial charge in [0.25, 0.3) is 5.56 Å². The highest BCUT2D eigenvalue weighted by atomic mass is 32.2. The Morgan fingerprint density at radius 2 is 2.00 bits per heavy atom. The second-order valence-electron chi connectivity index (χ2n) is 4.95. The van der Waals surface area contributed by atoms with Crippen LogP contribution >= 0.6 is 11.8 Å². The Kier molecular flexibility index (Phi) is 6.16. The molecule has 1 aromatic heterocycles. The first kappa shape index (κ1) is 17.0. The van der Waals surface area contributed by atoms with Crippen molar-refractivity contribution >= 4 is 23.4 Å². The molecule has 0 aliphatic heterocycles. The normalized spacial score (nSPS) is 10.5. The number of nitrogens with one attached hydrogen (secondary N) is 3. The van der Waals surface area contributed by atoms with Gasteiger partial charge < -0.3 is 5.32 Å². The van der Waals surface area contributed by atoms with Gasteiger partial charge in [0, 0.05) is 5.69 Å². The molecule has 0 aliphatic rings. The van der Waals surface area contributed by atoms with Crippen molar-refractivity contribution in [3.63, 3.8) is 0 Å². The van der Waals surface area contributed by atoms with Crippen LogP contribution in [0.4, 0.5) is 5.69 Å². The minimum Gasteiger partial charge on any atom is -0.325 e. The van der Waals surface area contributed by atoms with Crippen LogP contribution in [0.2, 0.25) is 0 Å². The number of H-pyrrole nitrogens is 2. The number of anilines is 1. The molecule has 2 aromatic rings. The summed E-state index contributed by atoms with van der Waals surface area (Å²) in [5.41, 5.74) is 0.668. The third-order valence-corrected chi connectivity index (χ3v) is 4.03. The topological polar surface area (TPSA) is 108 Å². The van der Waals surface area contributed by atoms with Crippen molar-refractivity contribution < 1.29 is 4.79 Å². The van der Waals surface area contributed by atoms with Crippen molar-refractivity contribution in [2.45, 2.75) is 31.2 Å². The highest BCUT2D eigenvalue weighted by Crippen LogP contribution is 2.13. The Hall–Kier alpha value is -2.35. The monoisotopic (exact) mass is 334 g/mol. The van der Waals surface area contributed by atoms with Crippen molar-refractivity contribution in [3.8, 4) is 0 Å². The Balaban J connectivity index is 1.87. The van der Waals surface area contributed by atoms with Crippen LogP contribution in [0.15, 0.2) is 38.9 Å². The summed E-state index contributed by atoms with van der Waals surface area (Å²) < 4.78 is 0. The average Bonchev–Trinajstić information content (AvgIpc) is 2.53. The van der Waals surface area contributed by atoms with E-state index >= 15 is 0 Å². The molecule has 1 heterocycles. The molecule has 3 N–H and O–H groups in total. The van der Waals surface area contributed by atoms with Crippen LogP contribution < -0.4 is 16.6 Å². The molecular formula is C15H18N4O3S. The molecule has 0 unspecified atom stereocenters. The number of thioether (sulfide) groups is 1. The molecule has 1 aromatic carbocycles. The van der Waals surface area contributed by atoms with Crippen molar-refractivity contribution in [1.82, 2.24) is 15.2 Å². The standard InChI is InChI=1S/C15H18N4O3S/c1-2-3-4-10-5-7-11(8-6-10)16-12(20)9-23-14-13(21)17-15(22)19-18-14/h5-8H,2-4,9H2,1H3,(H,16,20)(H2,17,19,21,22). The van der Waals surface area contributed by atoms with Gasteiger partial charge in [-0.15, -0.1) is 0 Å². The zero-order valence-electron chi connectivity index (χ0n) is 12.7. The molecule has 0 bridgehead atoms. The molecule has 122 valence electrons. The molecule has 0 saturated heterocycles. The summed E-state index contributed by atoms with van der Waals surface area (Å²) in [6.45, 7) is 2.15. The van der Waals surface area contributed by atoms with Gasteiger partial charge in [0.15, 0.2) is 5.03 Å². The molecule has 1 amide bonds. The van der Waals surface area contributed by atoms with Gasteiger partial charge in [-0.3, -0.25) is 14.6 Å². The third-order valence-electron chi connectivity index (χ3n) is 3.08. The van der Waals surface area contributed by atoms with E-state index in [-0.39, 0.29) is 16.7 Å². The minimum atomic E-state index is -0.674. The largest absolute Gasteiger partial charge is 0.342 e. The lowest BCUT2D eigenvalue weighted by molar-refractivity contribution is -0.113. The lowest BCUT2D eigenvalue weighted by Gasteiger charge is -2.06. The number of nitrogens with zero attached hydrogens (tertiary/aromatic N) is 1. The third kappa shape index (κ3) is 5.41. The summed E-state index contributed by atoms with van der Waals surface area (Å²) in [6.07, 6.45) is 3.32. The molecule has 8 heteroatoms. The zero-order chi connectivity index (χ0) is 16.7. The number of amides is 1. The molecule has 0 fully saturated rings. The maximum absolute atomic E-state index is 11.9. The molecule has 0 radical (unpaired) electrons. The van der Waals surface area contributed by atoms with Crippen molar-refractivity contribution in [1.29, 1.82) is 0 Å². The van der Waals surface area contributed by atoms with Gasteiger partial charge in [-0.2, -0.15) is 5.10 Å². The van der Waals surface area contributed by atoms with E-state index in [2.05, 4.69) is 27.4 Å². The second kappa shape index (κ2) is 8.33. The molecule has 0 atom stereocenters. The number of aromatic amines is 2. The van der Waals surface area contributed by atoms with Crippen molar-refractivity contribution in [2.75, 3.05) is 11.1 Å². The fraction of sp³-hybridized carbons (Fsp3) is 0.333. The van der Waals surface area contributed by atoms with Crippen LogP contribution in [-0.2, 0) is 11.2 Å². The highest BCUT2D eigenvalue weighted by Gasteiger charge is 2.08. The minimum absolute atomic E-state index is 0.0275. The molecular weight excluding hydrogens is 316 g/mol. The molecule has 0 aliphatic carbocycles. The first-order valence-corrected chi connectivity index (χ1v) is 8.27. The number of carbonyl (C=O) groups excluding carboxylic acids is 1. The lowest BCUT2D eigenvalue weighted by atomic mass is 10.1. The summed E-state index contributed by atoms with van der Waals surface area (Å²) in [5, 5.41) is 8.53. The number of rotatable bonds is 7. The number of aromatic nitrogens is 3. The lowest BCUT2D eigenvalue weighted by Crippen LogP contribution is -2.25. The number of carbonyl (C=O) groups is 1. The number of unbranched alkanes of at least 4 members (excludes halogenated alkanes) is 1. The van der Waals surface area contributed by atoms with Gasteiger partial charge in [0.2, 0.25) is 5.91 Å². The first-order chi connectivity index (χ1) is 11.1. The fourth-order valence-corrected chi connectivity index (χ4v) is 2.53. The second-order valence-corrected chi connectivity index (χ2v) is 5.91. The summed E-state index contributed by atoms with van der Waals surface area (Å²) in [7, 11) is 0. The molecule has 23 heavy (non-hydrogen) atoms. The number of hydrogen-bond acceptors (Lipinski definition) is 5. The summed E-state index contributed by atoms with van der Waals surface area (Å²) in [6, 6.07) is 7.70. The van der Waals surface area contributed by atoms with E-state index in [1.54, 1.807) is 0 Å². The van der Waals surface area contributed by atoms with E-state index in [9.17, 15) is 14.4 Å². The van der Waals surface area contributed by atoms with E-state index in [0.29, 0.717) is 5.69 Å². The van der Waals surface area contributed by atoms with Gasteiger partial charge in [0.05, 0.1) is 5.75 Å². The van der Waals surface area contributed by atoms with Crippen molar-refractivity contribution in [3.05, 3.63) is 50.7 Å². The maximum atomic E-state index is 11.9. The average molecular weight is 334 g/mol. The van der Waals surface area contributed by atoms with E-state index in [1.165, 1.54) is 5.56 Å². The van der Waals surface area contributed by atoms with E-state index in [1.807, 2.05) is 24.3 Å². The van der Waals surface area contributed by atoms with Crippen LogP contribution in [0.25, 0.3) is 0 Å². The quantitative estimate of drug-likeness (QED) is 0.666. The van der Waals surface area contributed by atoms with Gasteiger partial charge in [-0.25, -0.2) is 9.89 Å². The van der Waals surface area contributed by atoms with Gasteiger partial charge in [0.1, 0.15) is 0 Å². The predicted octanol–water partition coefficient (Wildman–Crippen LogP) is 1.53. The fourth-order valence-electron chi connectivity index (χ4n) is 1.90. The Morgan fingerprint density at radius 1 is 1.26 bits per heavy atom. The van der Waals surface area contributed by atoms with E-state index < -0.39 is 11.2 Å². The summed E-state index contributed by atoms with van der Waals surface area (Å²) in [5.74, 6) is -0.219. The summed E-state index contributed by atoms with van der Waals surface area (Å²) in [4.78, 5) is 36.2. The number of hydrogen-bond donors (Lipinski definition) is 3. The number of aryl methyl sites for hydroxylation is 1.